The Balaban J connectivity index is 1.38. The number of fused-ring (bicyclic) bond motifs is 1. The van der Waals surface area contributed by atoms with Crippen molar-refractivity contribution >= 4 is 44.2 Å². The van der Waals surface area contributed by atoms with Gasteiger partial charge in [0.05, 0.1) is 15.2 Å². The summed E-state index contributed by atoms with van der Waals surface area (Å²) in [6, 6.07) is 4.23. The molecule has 2 aliphatic rings. The van der Waals surface area contributed by atoms with E-state index in [2.05, 4.69) is 17.1 Å². The highest BCUT2D eigenvalue weighted by molar-refractivity contribution is 7.22. The van der Waals surface area contributed by atoms with Crippen LogP contribution in [0, 0.1) is 12.8 Å². The molecule has 0 saturated carbocycles. The van der Waals surface area contributed by atoms with E-state index < -0.39 is 0 Å². The van der Waals surface area contributed by atoms with E-state index in [0.717, 1.165) is 77.9 Å². The summed E-state index contributed by atoms with van der Waals surface area (Å²) >= 11 is 7.98. The summed E-state index contributed by atoms with van der Waals surface area (Å²) in [7, 11) is 0. The molecule has 0 bridgehead atoms. The molecule has 0 spiro atoms. The van der Waals surface area contributed by atoms with Gasteiger partial charge >= 0.3 is 0 Å². The van der Waals surface area contributed by atoms with Gasteiger partial charge in [0.25, 0.3) is 0 Å². The van der Waals surface area contributed by atoms with E-state index in [1.54, 1.807) is 11.3 Å². The number of thiazole rings is 1. The number of aromatic nitrogens is 1. The van der Waals surface area contributed by atoms with Crippen LogP contribution in [-0.2, 0) is 9.53 Å². The molecule has 5 nitrogen and oxygen atoms in total. The van der Waals surface area contributed by atoms with Crippen molar-refractivity contribution < 1.29 is 9.53 Å². The highest BCUT2D eigenvalue weighted by Crippen LogP contribution is 2.36. The number of ether oxygens (including phenoxy) is 1. The third-order valence-corrected chi connectivity index (χ3v) is 6.97. The molecule has 4 rings (SSSR count). The second-order valence-electron chi connectivity index (χ2n) is 7.20. The van der Waals surface area contributed by atoms with Crippen LogP contribution in [0.5, 0.6) is 0 Å². The largest absolute Gasteiger partial charge is 0.381 e. The topological polar surface area (TPSA) is 54.5 Å². The number of benzene rings is 1. The molecule has 0 aliphatic carbocycles. The van der Waals surface area contributed by atoms with Gasteiger partial charge in [-0.2, -0.15) is 0 Å². The van der Waals surface area contributed by atoms with Crippen molar-refractivity contribution in [3.63, 3.8) is 0 Å². The number of hydrogen-bond donors (Lipinski definition) is 1. The van der Waals surface area contributed by atoms with Gasteiger partial charge in [-0.25, -0.2) is 4.98 Å². The average molecular weight is 394 g/mol. The number of carbonyl (C=O) groups is 1. The van der Waals surface area contributed by atoms with Crippen molar-refractivity contribution in [2.24, 2.45) is 5.92 Å². The fourth-order valence-electron chi connectivity index (χ4n) is 3.72. The fourth-order valence-corrected chi connectivity index (χ4v) is 5.09. The van der Waals surface area contributed by atoms with E-state index in [1.807, 2.05) is 12.1 Å². The predicted octanol–water partition coefficient (Wildman–Crippen LogP) is 3.77. The van der Waals surface area contributed by atoms with Crippen LogP contribution in [0.3, 0.4) is 0 Å². The van der Waals surface area contributed by atoms with Gasteiger partial charge in [0.2, 0.25) is 5.91 Å². The normalized spacial score (nSPS) is 19.8. The first kappa shape index (κ1) is 18.0. The minimum absolute atomic E-state index is 0.105. The van der Waals surface area contributed by atoms with Crippen LogP contribution in [0.4, 0.5) is 5.13 Å². The van der Waals surface area contributed by atoms with Gasteiger partial charge in [0, 0.05) is 38.3 Å². The first-order valence-electron chi connectivity index (χ1n) is 9.30. The monoisotopic (exact) mass is 393 g/mol. The molecule has 1 aromatic heterocycles. The number of anilines is 1. The number of aryl methyl sites for hydroxylation is 1. The number of piperidine rings is 1. The molecule has 2 saturated heterocycles. The number of amides is 1. The second-order valence-corrected chi connectivity index (χ2v) is 8.58. The molecule has 0 radical (unpaired) electrons. The van der Waals surface area contributed by atoms with Crippen LogP contribution in [0.1, 0.15) is 31.2 Å². The Morgan fingerprint density at radius 1 is 1.27 bits per heavy atom. The molecule has 7 heteroatoms. The fraction of sp³-hybridized carbons (Fsp3) is 0.579. The first-order chi connectivity index (χ1) is 12.6. The lowest BCUT2D eigenvalue weighted by Crippen LogP contribution is -2.45. The maximum atomic E-state index is 12.5. The Morgan fingerprint density at radius 3 is 2.69 bits per heavy atom. The standard InChI is InChI=1S/C19H24ClN3O2S/c1-12-2-3-15(20)17-16(12)22-19(26-17)23-8-4-13(5-9-23)18(24)21-14-6-10-25-11-7-14/h2-3,13-14H,4-11H2,1H3,(H,21,24). The highest BCUT2D eigenvalue weighted by Gasteiger charge is 2.28. The molecule has 1 N–H and O–H groups in total. The number of hydrogen-bond acceptors (Lipinski definition) is 5. The summed E-state index contributed by atoms with van der Waals surface area (Å²) in [5.74, 6) is 0.313. The molecule has 2 aliphatic heterocycles. The van der Waals surface area contributed by atoms with Gasteiger partial charge in [-0.15, -0.1) is 0 Å². The van der Waals surface area contributed by atoms with Crippen molar-refractivity contribution in [1.29, 1.82) is 0 Å². The van der Waals surface area contributed by atoms with E-state index >= 15 is 0 Å². The van der Waals surface area contributed by atoms with Crippen molar-refractivity contribution in [3.8, 4) is 0 Å². The first-order valence-corrected chi connectivity index (χ1v) is 10.5. The molecular weight excluding hydrogens is 370 g/mol. The van der Waals surface area contributed by atoms with Gasteiger partial charge in [-0.3, -0.25) is 4.79 Å². The van der Waals surface area contributed by atoms with Gasteiger partial charge in [0.1, 0.15) is 0 Å². The lowest BCUT2D eigenvalue weighted by molar-refractivity contribution is -0.126. The number of rotatable bonds is 3. The minimum atomic E-state index is 0.105. The van der Waals surface area contributed by atoms with Gasteiger partial charge < -0.3 is 15.0 Å². The Morgan fingerprint density at radius 2 is 2.00 bits per heavy atom. The summed E-state index contributed by atoms with van der Waals surface area (Å²) in [5.41, 5.74) is 2.15. The molecular formula is C19H24ClN3O2S. The molecule has 0 unspecified atom stereocenters. The summed E-state index contributed by atoms with van der Waals surface area (Å²) in [4.78, 5) is 19.6. The van der Waals surface area contributed by atoms with Crippen LogP contribution in [0.15, 0.2) is 12.1 Å². The Kier molecular flexibility index (Phi) is 5.34. The van der Waals surface area contributed by atoms with Crippen LogP contribution in [-0.4, -0.2) is 43.2 Å². The van der Waals surface area contributed by atoms with E-state index in [1.165, 1.54) is 0 Å². The molecule has 0 atom stereocenters. The van der Waals surface area contributed by atoms with Crippen LogP contribution in [0.25, 0.3) is 10.2 Å². The Hall–Kier alpha value is -1.37. The molecule has 26 heavy (non-hydrogen) atoms. The summed E-state index contributed by atoms with van der Waals surface area (Å²) < 4.78 is 6.41. The van der Waals surface area contributed by atoms with Crippen LogP contribution >= 0.6 is 22.9 Å². The second kappa shape index (κ2) is 7.71. The smallest absolute Gasteiger partial charge is 0.223 e. The number of nitrogens with zero attached hydrogens (tertiary/aromatic N) is 2. The third kappa shape index (κ3) is 3.68. The molecule has 3 heterocycles. The van der Waals surface area contributed by atoms with Crippen molar-refractivity contribution in [3.05, 3.63) is 22.7 Å². The molecule has 2 aromatic rings. The van der Waals surface area contributed by atoms with Gasteiger partial charge in [-0.1, -0.05) is 29.0 Å². The van der Waals surface area contributed by atoms with E-state index in [0.29, 0.717) is 0 Å². The lowest BCUT2D eigenvalue weighted by atomic mass is 9.95. The minimum Gasteiger partial charge on any atom is -0.381 e. The van der Waals surface area contributed by atoms with Gasteiger partial charge in [0.15, 0.2) is 5.13 Å². The SMILES string of the molecule is Cc1ccc(Cl)c2sc(N3CCC(C(=O)NC4CCOCC4)CC3)nc12. The quantitative estimate of drug-likeness (QED) is 0.862. The average Bonchev–Trinajstić information content (AvgIpc) is 3.13. The zero-order valence-corrected chi connectivity index (χ0v) is 16.5. The summed E-state index contributed by atoms with van der Waals surface area (Å²) in [5, 5.41) is 4.99. The summed E-state index contributed by atoms with van der Waals surface area (Å²) in [6.07, 6.45) is 3.60. The Labute approximate surface area is 162 Å². The number of halogens is 1. The van der Waals surface area contributed by atoms with E-state index in [-0.39, 0.29) is 17.9 Å². The molecule has 2 fully saturated rings. The van der Waals surface area contributed by atoms with E-state index in [9.17, 15) is 4.79 Å². The van der Waals surface area contributed by atoms with Crippen molar-refractivity contribution in [2.45, 2.75) is 38.6 Å². The summed E-state index contributed by atoms with van der Waals surface area (Å²) in [6.45, 7) is 5.30. The van der Waals surface area contributed by atoms with E-state index in [4.69, 9.17) is 21.3 Å². The molecule has 140 valence electrons. The predicted molar refractivity (Wildman–Crippen MR) is 106 cm³/mol. The van der Waals surface area contributed by atoms with Crippen molar-refractivity contribution in [2.75, 3.05) is 31.2 Å². The maximum absolute atomic E-state index is 12.5. The zero-order chi connectivity index (χ0) is 18.1. The highest BCUT2D eigenvalue weighted by atomic mass is 35.5. The zero-order valence-electron chi connectivity index (χ0n) is 15.0. The van der Waals surface area contributed by atoms with Crippen LogP contribution in [0.2, 0.25) is 5.02 Å². The Bertz CT molecular complexity index is 756. The number of nitrogens with one attached hydrogen (secondary N) is 1. The van der Waals surface area contributed by atoms with Gasteiger partial charge in [-0.05, 0) is 44.2 Å². The van der Waals surface area contributed by atoms with Crippen molar-refractivity contribution in [1.82, 2.24) is 10.3 Å². The van der Waals surface area contributed by atoms with Crippen LogP contribution < -0.4 is 10.2 Å². The molecule has 1 amide bonds. The third-order valence-electron chi connectivity index (χ3n) is 5.39. The lowest BCUT2D eigenvalue weighted by Gasteiger charge is -2.32. The number of carbonyl (C=O) groups excluding carboxylic acids is 1. The molecule has 1 aromatic carbocycles. The maximum Gasteiger partial charge on any atom is 0.223 e.